The molecule has 0 aliphatic carbocycles. The molecule has 0 aromatic carbocycles. The summed E-state index contributed by atoms with van der Waals surface area (Å²) in [5, 5.41) is 7.12. The van der Waals surface area contributed by atoms with Crippen molar-refractivity contribution >= 4 is 32.3 Å². The van der Waals surface area contributed by atoms with Gasteiger partial charge in [0.1, 0.15) is 0 Å². The molecule has 0 radical (unpaired) electrons. The van der Waals surface area contributed by atoms with Crippen molar-refractivity contribution in [2.75, 3.05) is 39.5 Å². The molecule has 0 rings (SSSR count). The van der Waals surface area contributed by atoms with Crippen LogP contribution in [-0.4, -0.2) is 71.8 Å². The molecular formula is C17H33N3O7Si. The lowest BCUT2D eigenvalue weighted by Crippen LogP contribution is -2.46. The van der Waals surface area contributed by atoms with Crippen molar-refractivity contribution < 1.29 is 32.5 Å². The number of ketones is 1. The Morgan fingerprint density at radius 2 is 1.21 bits per heavy atom. The predicted octanol–water partition coefficient (Wildman–Crippen LogP) is -0.247. The Bertz CT molecular complexity index is 500. The summed E-state index contributed by atoms with van der Waals surface area (Å²) < 4.78 is 17.2. The van der Waals surface area contributed by atoms with Crippen LogP contribution in [-0.2, 0) is 32.5 Å². The molecule has 0 aliphatic heterocycles. The lowest BCUT2D eigenvalue weighted by molar-refractivity contribution is -0.128. The molecule has 3 amide bonds. The SMILES string of the molecule is CCO[Si](CCCC(=O)CNC(=O)CNC(=O)CNC(C)=O)(OCC)OCC. The van der Waals surface area contributed by atoms with E-state index < -0.39 is 20.6 Å². The Kier molecular flexibility index (Phi) is 14.2. The van der Waals surface area contributed by atoms with Crippen molar-refractivity contribution in [1.82, 2.24) is 16.0 Å². The molecule has 162 valence electrons. The molecule has 0 atom stereocenters. The quantitative estimate of drug-likeness (QED) is 0.294. The van der Waals surface area contributed by atoms with Crippen molar-refractivity contribution in [2.45, 2.75) is 46.6 Å². The van der Waals surface area contributed by atoms with Crippen LogP contribution in [0, 0.1) is 0 Å². The fraction of sp³-hybridized carbons (Fsp3) is 0.765. The summed E-state index contributed by atoms with van der Waals surface area (Å²) in [5.41, 5.74) is 0. The summed E-state index contributed by atoms with van der Waals surface area (Å²) >= 11 is 0. The zero-order chi connectivity index (χ0) is 21.4. The first-order valence-corrected chi connectivity index (χ1v) is 11.4. The van der Waals surface area contributed by atoms with Crippen LogP contribution >= 0.6 is 0 Å². The molecule has 0 bridgehead atoms. The van der Waals surface area contributed by atoms with Crippen LogP contribution in [0.15, 0.2) is 0 Å². The third kappa shape index (κ3) is 12.5. The molecule has 10 nitrogen and oxygen atoms in total. The Labute approximate surface area is 167 Å². The number of carbonyl (C=O) groups excluding carboxylic acids is 4. The third-order valence-electron chi connectivity index (χ3n) is 3.46. The first-order chi connectivity index (χ1) is 13.3. The van der Waals surface area contributed by atoms with Gasteiger partial charge in [-0.05, 0) is 27.2 Å². The maximum absolute atomic E-state index is 12.0. The molecule has 0 fully saturated rings. The highest BCUT2D eigenvalue weighted by Gasteiger charge is 2.39. The minimum absolute atomic E-state index is 0.118. The average Bonchev–Trinajstić information content (AvgIpc) is 2.63. The lowest BCUT2D eigenvalue weighted by Gasteiger charge is -2.28. The summed E-state index contributed by atoms with van der Waals surface area (Å²) in [6, 6.07) is 0.529. The molecular weight excluding hydrogens is 386 g/mol. The first-order valence-electron chi connectivity index (χ1n) is 9.49. The third-order valence-corrected chi connectivity index (χ3v) is 6.61. The van der Waals surface area contributed by atoms with E-state index >= 15 is 0 Å². The molecule has 0 unspecified atom stereocenters. The number of amides is 3. The second-order valence-corrected chi connectivity index (χ2v) is 8.57. The zero-order valence-corrected chi connectivity index (χ0v) is 18.2. The second kappa shape index (κ2) is 15.1. The van der Waals surface area contributed by atoms with Crippen LogP contribution in [0.5, 0.6) is 0 Å². The molecule has 0 aromatic rings. The Morgan fingerprint density at radius 1 is 0.750 bits per heavy atom. The summed E-state index contributed by atoms with van der Waals surface area (Å²) in [7, 11) is -2.77. The van der Waals surface area contributed by atoms with Crippen LogP contribution in [0.1, 0.15) is 40.5 Å². The minimum Gasteiger partial charge on any atom is -0.374 e. The van der Waals surface area contributed by atoms with Gasteiger partial charge in [-0.2, -0.15) is 0 Å². The molecule has 0 aromatic heterocycles. The van der Waals surface area contributed by atoms with E-state index in [2.05, 4.69) is 16.0 Å². The first kappa shape index (κ1) is 26.2. The summed E-state index contributed by atoms with van der Waals surface area (Å²) in [4.78, 5) is 45.7. The zero-order valence-electron chi connectivity index (χ0n) is 17.2. The minimum atomic E-state index is -2.77. The Morgan fingerprint density at radius 3 is 1.68 bits per heavy atom. The fourth-order valence-electron chi connectivity index (χ4n) is 2.30. The molecule has 0 saturated heterocycles. The number of hydrogen-bond acceptors (Lipinski definition) is 7. The van der Waals surface area contributed by atoms with Gasteiger partial charge in [-0.25, -0.2) is 0 Å². The molecule has 0 aliphatic rings. The van der Waals surface area contributed by atoms with Crippen molar-refractivity contribution in [2.24, 2.45) is 0 Å². The van der Waals surface area contributed by atoms with E-state index in [1.165, 1.54) is 6.92 Å². The topological polar surface area (TPSA) is 132 Å². The normalized spacial score (nSPS) is 11.0. The molecule has 0 spiro atoms. The highest BCUT2D eigenvalue weighted by Crippen LogP contribution is 2.19. The van der Waals surface area contributed by atoms with Gasteiger partial charge in [0.2, 0.25) is 17.7 Å². The van der Waals surface area contributed by atoms with Crippen LogP contribution in [0.4, 0.5) is 0 Å². The Balaban J connectivity index is 4.14. The van der Waals surface area contributed by atoms with E-state index in [-0.39, 0.29) is 37.7 Å². The summed E-state index contributed by atoms with van der Waals surface area (Å²) in [6.45, 7) is 7.74. The van der Waals surface area contributed by atoms with Gasteiger partial charge < -0.3 is 29.2 Å². The van der Waals surface area contributed by atoms with E-state index in [0.717, 1.165) is 0 Å². The number of nitrogens with one attached hydrogen (secondary N) is 3. The molecule has 3 N–H and O–H groups in total. The monoisotopic (exact) mass is 419 g/mol. The largest absolute Gasteiger partial charge is 0.500 e. The van der Waals surface area contributed by atoms with Gasteiger partial charge in [0.15, 0.2) is 5.78 Å². The van der Waals surface area contributed by atoms with Crippen molar-refractivity contribution in [1.29, 1.82) is 0 Å². The fourth-order valence-corrected chi connectivity index (χ4v) is 4.91. The van der Waals surface area contributed by atoms with Gasteiger partial charge >= 0.3 is 8.80 Å². The van der Waals surface area contributed by atoms with Crippen molar-refractivity contribution in [3.63, 3.8) is 0 Å². The number of hydrogen-bond donors (Lipinski definition) is 3. The second-order valence-electron chi connectivity index (χ2n) is 5.84. The van der Waals surface area contributed by atoms with E-state index in [9.17, 15) is 19.2 Å². The van der Waals surface area contributed by atoms with Gasteiger partial charge in [-0.15, -0.1) is 0 Å². The van der Waals surface area contributed by atoms with E-state index in [1.54, 1.807) is 0 Å². The maximum atomic E-state index is 12.0. The highest BCUT2D eigenvalue weighted by molar-refractivity contribution is 6.60. The number of rotatable bonds is 16. The molecule has 0 heterocycles. The Hall–Kier alpha value is -1.82. The smallest absolute Gasteiger partial charge is 0.374 e. The molecule has 0 saturated carbocycles. The van der Waals surface area contributed by atoms with Gasteiger partial charge in [0, 0.05) is 39.2 Å². The van der Waals surface area contributed by atoms with Crippen LogP contribution in [0.2, 0.25) is 6.04 Å². The number of Topliss-reactive ketones (excluding diaryl/α,β-unsaturated/α-hetero) is 1. The summed E-state index contributed by atoms with van der Waals surface area (Å²) in [5.74, 6) is -1.44. The van der Waals surface area contributed by atoms with Gasteiger partial charge in [-0.1, -0.05) is 0 Å². The van der Waals surface area contributed by atoms with Crippen LogP contribution in [0.3, 0.4) is 0 Å². The average molecular weight is 420 g/mol. The van der Waals surface area contributed by atoms with E-state index in [1.807, 2.05) is 20.8 Å². The van der Waals surface area contributed by atoms with Crippen LogP contribution in [0.25, 0.3) is 0 Å². The predicted molar refractivity (Wildman–Crippen MR) is 104 cm³/mol. The summed E-state index contributed by atoms with van der Waals surface area (Å²) in [6.07, 6.45) is 0.797. The highest BCUT2D eigenvalue weighted by atomic mass is 28.4. The maximum Gasteiger partial charge on any atom is 0.500 e. The van der Waals surface area contributed by atoms with E-state index in [4.69, 9.17) is 13.3 Å². The van der Waals surface area contributed by atoms with E-state index in [0.29, 0.717) is 32.3 Å². The van der Waals surface area contributed by atoms with Gasteiger partial charge in [0.25, 0.3) is 0 Å². The molecule has 28 heavy (non-hydrogen) atoms. The lowest BCUT2D eigenvalue weighted by atomic mass is 10.2. The van der Waals surface area contributed by atoms with Crippen molar-refractivity contribution in [3.05, 3.63) is 0 Å². The van der Waals surface area contributed by atoms with Crippen molar-refractivity contribution in [3.8, 4) is 0 Å². The standard InChI is InChI=1S/C17H33N3O7Si/c1-5-25-28(26-6-2,27-7-3)10-8-9-15(22)11-19-17(24)13-20-16(23)12-18-14(4)21/h5-13H2,1-4H3,(H,18,21)(H,19,24)(H,20,23). The molecule has 11 heteroatoms. The van der Waals surface area contributed by atoms with Gasteiger partial charge in [-0.3, -0.25) is 19.2 Å². The van der Waals surface area contributed by atoms with Gasteiger partial charge in [0.05, 0.1) is 19.6 Å². The van der Waals surface area contributed by atoms with Crippen LogP contribution < -0.4 is 16.0 Å². The number of carbonyl (C=O) groups is 4.